The molecule has 9 nitrogen and oxygen atoms in total. The number of rotatable bonds is 7. The summed E-state index contributed by atoms with van der Waals surface area (Å²) in [5, 5.41) is 2.92. The van der Waals surface area contributed by atoms with Crippen molar-refractivity contribution >= 4 is 27.7 Å². The summed E-state index contributed by atoms with van der Waals surface area (Å²) in [5.41, 5.74) is 1.60. The van der Waals surface area contributed by atoms with E-state index in [0.29, 0.717) is 48.4 Å². The second kappa shape index (κ2) is 9.55. The van der Waals surface area contributed by atoms with Gasteiger partial charge in [-0.1, -0.05) is 18.2 Å². The van der Waals surface area contributed by atoms with Crippen molar-refractivity contribution in [1.29, 1.82) is 0 Å². The molecule has 10 heteroatoms. The van der Waals surface area contributed by atoms with Gasteiger partial charge < -0.3 is 10.1 Å². The summed E-state index contributed by atoms with van der Waals surface area (Å²) in [4.78, 5) is 39.8. The predicted octanol–water partition coefficient (Wildman–Crippen LogP) is 2.04. The minimum Gasteiger partial charge on any atom is -0.493 e. The topological polar surface area (TPSA) is 113 Å². The van der Waals surface area contributed by atoms with Gasteiger partial charge in [0, 0.05) is 19.1 Å². The molecule has 3 amide bonds. The average Bonchev–Trinajstić information content (AvgIpc) is 3.05. The number of carbonyl (C=O) groups is 3. The molecule has 1 N–H and O–H groups in total. The summed E-state index contributed by atoms with van der Waals surface area (Å²) in [5.74, 6) is -0.762. The van der Waals surface area contributed by atoms with Crippen LogP contribution in [0.3, 0.4) is 0 Å². The summed E-state index contributed by atoms with van der Waals surface area (Å²) < 4.78 is 30.8. The molecule has 0 spiro atoms. The zero-order chi connectivity index (χ0) is 24.5. The molecule has 2 aromatic carbocycles. The molecule has 2 heterocycles. The highest BCUT2D eigenvalue weighted by molar-refractivity contribution is 7.88. The van der Waals surface area contributed by atoms with Crippen molar-refractivity contribution in [2.45, 2.75) is 32.4 Å². The van der Waals surface area contributed by atoms with E-state index in [-0.39, 0.29) is 36.5 Å². The van der Waals surface area contributed by atoms with Gasteiger partial charge in [0.15, 0.2) is 0 Å². The SMILES string of the molecule is CCOc1ccc(CN2C(=O)c3ccccc3C2=O)cc1C(=O)NC1CCCN(S(C)(=O)=O)C1. The average molecular weight is 486 g/mol. The maximum Gasteiger partial charge on any atom is 0.261 e. The van der Waals surface area contributed by atoms with Crippen molar-refractivity contribution in [2.24, 2.45) is 0 Å². The summed E-state index contributed by atoms with van der Waals surface area (Å²) in [6, 6.07) is 11.3. The maximum atomic E-state index is 13.2. The third kappa shape index (κ3) is 4.83. The van der Waals surface area contributed by atoms with Gasteiger partial charge in [0.05, 0.1) is 36.1 Å². The fourth-order valence-electron chi connectivity index (χ4n) is 4.32. The molecule has 0 saturated carbocycles. The van der Waals surface area contributed by atoms with Crippen LogP contribution in [0, 0.1) is 0 Å². The highest BCUT2D eigenvalue weighted by Crippen LogP contribution is 2.27. The van der Waals surface area contributed by atoms with Crippen LogP contribution in [0.2, 0.25) is 0 Å². The number of piperidine rings is 1. The number of nitrogens with zero attached hydrogens (tertiary/aromatic N) is 2. The van der Waals surface area contributed by atoms with Crippen LogP contribution >= 0.6 is 0 Å². The Labute approximate surface area is 198 Å². The molecule has 1 fully saturated rings. The Kier molecular flexibility index (Phi) is 6.72. The minimum atomic E-state index is -3.34. The summed E-state index contributed by atoms with van der Waals surface area (Å²) in [6.07, 6.45) is 2.47. The first-order valence-corrected chi connectivity index (χ1v) is 13.0. The van der Waals surface area contributed by atoms with Gasteiger partial charge in [0.2, 0.25) is 10.0 Å². The second-order valence-corrected chi connectivity index (χ2v) is 10.4. The van der Waals surface area contributed by atoms with Gasteiger partial charge in [-0.2, -0.15) is 0 Å². The van der Waals surface area contributed by atoms with Crippen LogP contribution in [-0.4, -0.2) is 67.3 Å². The van der Waals surface area contributed by atoms with Crippen LogP contribution in [0.5, 0.6) is 5.75 Å². The molecule has 2 aromatic rings. The van der Waals surface area contributed by atoms with E-state index in [9.17, 15) is 22.8 Å². The van der Waals surface area contributed by atoms with E-state index in [1.807, 2.05) is 0 Å². The number of amides is 3. The van der Waals surface area contributed by atoms with Crippen LogP contribution in [0.15, 0.2) is 42.5 Å². The van der Waals surface area contributed by atoms with Gasteiger partial charge >= 0.3 is 0 Å². The Morgan fingerprint density at radius 1 is 1.12 bits per heavy atom. The summed E-state index contributed by atoms with van der Waals surface area (Å²) in [7, 11) is -3.34. The zero-order valence-electron chi connectivity index (χ0n) is 19.1. The van der Waals surface area contributed by atoms with Crippen molar-refractivity contribution < 1.29 is 27.5 Å². The van der Waals surface area contributed by atoms with E-state index in [2.05, 4.69) is 5.32 Å². The van der Waals surface area contributed by atoms with Gasteiger partial charge in [-0.25, -0.2) is 12.7 Å². The van der Waals surface area contributed by atoms with Crippen LogP contribution < -0.4 is 10.1 Å². The van der Waals surface area contributed by atoms with Crippen LogP contribution in [-0.2, 0) is 16.6 Å². The summed E-state index contributed by atoms with van der Waals surface area (Å²) >= 11 is 0. The quantitative estimate of drug-likeness (QED) is 0.601. The number of hydrogen-bond acceptors (Lipinski definition) is 6. The Morgan fingerprint density at radius 2 is 1.79 bits per heavy atom. The van der Waals surface area contributed by atoms with Crippen LogP contribution in [0.4, 0.5) is 0 Å². The molecule has 2 aliphatic rings. The standard InChI is InChI=1S/C24H27N3O6S/c1-3-33-21-11-10-16(14-27-23(29)18-8-4-5-9-19(18)24(27)30)13-20(21)22(28)25-17-7-6-12-26(15-17)34(2,31)32/h4-5,8-11,13,17H,3,6-7,12,14-15H2,1-2H3,(H,25,28). The van der Waals surface area contributed by atoms with E-state index in [0.717, 1.165) is 11.2 Å². The normalized spacial score (nSPS) is 18.6. The zero-order valence-corrected chi connectivity index (χ0v) is 19.9. The largest absolute Gasteiger partial charge is 0.493 e. The van der Waals surface area contributed by atoms with Crippen LogP contribution in [0.25, 0.3) is 0 Å². The number of carbonyl (C=O) groups excluding carboxylic acids is 3. The lowest BCUT2D eigenvalue weighted by Crippen LogP contribution is -2.49. The molecule has 0 bridgehead atoms. The Balaban J connectivity index is 1.54. The second-order valence-electron chi connectivity index (χ2n) is 8.44. The molecule has 0 radical (unpaired) electrons. The monoisotopic (exact) mass is 485 g/mol. The highest BCUT2D eigenvalue weighted by Gasteiger charge is 2.35. The fraction of sp³-hybridized carbons (Fsp3) is 0.375. The number of fused-ring (bicyclic) bond motifs is 1. The highest BCUT2D eigenvalue weighted by atomic mass is 32.2. The van der Waals surface area contributed by atoms with Crippen molar-refractivity contribution in [3.8, 4) is 5.75 Å². The summed E-state index contributed by atoms with van der Waals surface area (Å²) in [6.45, 7) is 2.82. The van der Waals surface area contributed by atoms with E-state index in [1.54, 1.807) is 49.4 Å². The minimum absolute atomic E-state index is 0.0182. The Bertz CT molecular complexity index is 1210. The molecule has 180 valence electrons. The number of benzene rings is 2. The number of sulfonamides is 1. The number of ether oxygens (including phenoxy) is 1. The Morgan fingerprint density at radius 3 is 2.41 bits per heavy atom. The number of imide groups is 1. The first kappa shape index (κ1) is 23.9. The molecule has 0 aliphatic carbocycles. The molecule has 0 aromatic heterocycles. The van der Waals surface area contributed by atoms with Gasteiger partial charge in [-0.3, -0.25) is 19.3 Å². The predicted molar refractivity (Wildman–Crippen MR) is 125 cm³/mol. The molecular formula is C24H27N3O6S. The fourth-order valence-corrected chi connectivity index (χ4v) is 5.24. The smallest absolute Gasteiger partial charge is 0.261 e. The molecule has 1 atom stereocenters. The third-order valence-electron chi connectivity index (χ3n) is 6.00. The van der Waals surface area contributed by atoms with Gasteiger partial charge in [-0.05, 0) is 49.6 Å². The molecular weight excluding hydrogens is 458 g/mol. The number of hydrogen-bond donors (Lipinski definition) is 1. The van der Waals surface area contributed by atoms with Gasteiger partial charge in [-0.15, -0.1) is 0 Å². The van der Waals surface area contributed by atoms with E-state index >= 15 is 0 Å². The van der Waals surface area contributed by atoms with E-state index < -0.39 is 15.9 Å². The van der Waals surface area contributed by atoms with Crippen molar-refractivity contribution in [2.75, 3.05) is 26.0 Å². The number of nitrogens with one attached hydrogen (secondary N) is 1. The van der Waals surface area contributed by atoms with Crippen molar-refractivity contribution in [1.82, 2.24) is 14.5 Å². The molecule has 34 heavy (non-hydrogen) atoms. The van der Waals surface area contributed by atoms with Gasteiger partial charge in [0.25, 0.3) is 17.7 Å². The van der Waals surface area contributed by atoms with Gasteiger partial charge in [0.1, 0.15) is 5.75 Å². The maximum absolute atomic E-state index is 13.2. The lowest BCUT2D eigenvalue weighted by Gasteiger charge is -2.31. The molecule has 1 saturated heterocycles. The molecule has 2 aliphatic heterocycles. The Hall–Kier alpha value is -3.24. The third-order valence-corrected chi connectivity index (χ3v) is 7.27. The van der Waals surface area contributed by atoms with Crippen molar-refractivity contribution in [3.05, 3.63) is 64.7 Å². The van der Waals surface area contributed by atoms with Crippen LogP contribution in [0.1, 0.15) is 56.4 Å². The van der Waals surface area contributed by atoms with E-state index in [4.69, 9.17) is 4.74 Å². The molecule has 4 rings (SSSR count). The van der Waals surface area contributed by atoms with Crippen molar-refractivity contribution in [3.63, 3.8) is 0 Å². The lowest BCUT2D eigenvalue weighted by atomic mass is 10.0. The first-order chi connectivity index (χ1) is 16.2. The van der Waals surface area contributed by atoms with E-state index in [1.165, 1.54) is 4.31 Å². The molecule has 1 unspecified atom stereocenters. The first-order valence-electron chi connectivity index (χ1n) is 11.2. The lowest BCUT2D eigenvalue weighted by molar-refractivity contribution is 0.0642.